The van der Waals surface area contributed by atoms with Gasteiger partial charge in [-0.05, 0) is 79.5 Å². The van der Waals surface area contributed by atoms with Crippen molar-refractivity contribution in [2.45, 2.75) is 71.6 Å². The molecule has 0 aliphatic carbocycles. The average Bonchev–Trinajstić information content (AvgIpc) is 2.96. The highest BCUT2D eigenvalue weighted by Gasteiger charge is 2.22. The highest BCUT2D eigenvalue weighted by Crippen LogP contribution is 2.29. The molecule has 1 aromatic carbocycles. The number of unbranched alkanes of at least 4 members (excludes halogenated alkanes) is 1. The SMILES string of the molecule is C=C\C=C(NC(=C)/C(=C/C(CCCC)CCc1cccc(F)c1F)C(=C)C)/C(=C\CC(C)(F)F)C(/C=C\C(=C)C(F)F)=C\CF. The molecule has 0 aromatic heterocycles. The molecule has 1 atom stereocenters. The summed E-state index contributed by atoms with van der Waals surface area (Å²) < 4.78 is 95.9. The first kappa shape index (κ1) is 39.2. The summed E-state index contributed by atoms with van der Waals surface area (Å²) in [6.45, 7) is 18.7. The summed E-state index contributed by atoms with van der Waals surface area (Å²) in [5.41, 5.74) is 1.71. The number of nitrogens with one attached hydrogen (secondary N) is 1. The summed E-state index contributed by atoms with van der Waals surface area (Å²) in [6.07, 6.45) is 9.06. The first-order valence-electron chi connectivity index (χ1n) is 14.7. The van der Waals surface area contributed by atoms with Gasteiger partial charge in [-0.2, -0.15) is 0 Å². The molecule has 1 nitrogen and oxygen atoms in total. The summed E-state index contributed by atoms with van der Waals surface area (Å²) in [7, 11) is 0. The molecule has 246 valence electrons. The normalized spacial score (nSPS) is 14.2. The number of hydrogen-bond donors (Lipinski definition) is 1. The number of aryl methyl sites for hydroxylation is 1. The molecule has 0 heterocycles. The van der Waals surface area contributed by atoms with Crippen LogP contribution in [0, 0.1) is 17.6 Å². The molecule has 1 N–H and O–H groups in total. The molecule has 1 unspecified atom stereocenters. The molecule has 45 heavy (non-hydrogen) atoms. The number of allylic oxidation sites excluding steroid dienone is 10. The van der Waals surface area contributed by atoms with E-state index in [0.29, 0.717) is 29.7 Å². The second-order valence-corrected chi connectivity index (χ2v) is 10.8. The van der Waals surface area contributed by atoms with Gasteiger partial charge in [0.2, 0.25) is 5.92 Å². The van der Waals surface area contributed by atoms with Crippen molar-refractivity contribution in [1.82, 2.24) is 5.32 Å². The van der Waals surface area contributed by atoms with Crippen LogP contribution in [0.2, 0.25) is 0 Å². The van der Waals surface area contributed by atoms with Crippen molar-refractivity contribution in [3.8, 4) is 0 Å². The summed E-state index contributed by atoms with van der Waals surface area (Å²) in [5.74, 6) is -4.96. The fraction of sp³-hybridized carbons (Fsp3) is 0.351. The van der Waals surface area contributed by atoms with E-state index in [1.54, 1.807) is 13.0 Å². The smallest absolute Gasteiger partial charge is 0.263 e. The summed E-state index contributed by atoms with van der Waals surface area (Å²) in [6, 6.07) is 4.08. The van der Waals surface area contributed by atoms with E-state index in [1.165, 1.54) is 30.4 Å². The summed E-state index contributed by atoms with van der Waals surface area (Å²) >= 11 is 0. The second kappa shape index (κ2) is 19.6. The molecule has 1 rings (SSSR count). The number of rotatable bonds is 20. The van der Waals surface area contributed by atoms with E-state index >= 15 is 0 Å². The molecular weight excluding hydrogens is 591 g/mol. The van der Waals surface area contributed by atoms with Crippen LogP contribution in [0.3, 0.4) is 0 Å². The van der Waals surface area contributed by atoms with Crippen LogP contribution in [0.5, 0.6) is 0 Å². The highest BCUT2D eigenvalue weighted by molar-refractivity contribution is 5.55. The van der Waals surface area contributed by atoms with Crippen molar-refractivity contribution in [3.05, 3.63) is 144 Å². The van der Waals surface area contributed by atoms with Gasteiger partial charge >= 0.3 is 0 Å². The third kappa shape index (κ3) is 14.2. The predicted molar refractivity (Wildman–Crippen MR) is 173 cm³/mol. The molecule has 0 saturated heterocycles. The van der Waals surface area contributed by atoms with Crippen LogP contribution in [0.4, 0.5) is 30.7 Å². The van der Waals surface area contributed by atoms with Crippen molar-refractivity contribution >= 4 is 0 Å². The lowest BCUT2D eigenvalue weighted by atomic mass is 9.90. The second-order valence-electron chi connectivity index (χ2n) is 10.8. The topological polar surface area (TPSA) is 12.0 Å². The van der Waals surface area contributed by atoms with Crippen LogP contribution in [0.25, 0.3) is 0 Å². The minimum Gasteiger partial charge on any atom is -0.355 e. The molecule has 8 heteroatoms. The lowest BCUT2D eigenvalue weighted by Gasteiger charge is -2.22. The maximum absolute atomic E-state index is 14.3. The van der Waals surface area contributed by atoms with E-state index in [0.717, 1.165) is 44.4 Å². The molecule has 0 bridgehead atoms. The average molecular weight is 636 g/mol. The monoisotopic (exact) mass is 635 g/mol. The Kier molecular flexibility index (Phi) is 17.0. The molecule has 0 radical (unpaired) electrons. The largest absolute Gasteiger partial charge is 0.355 e. The van der Waals surface area contributed by atoms with E-state index in [4.69, 9.17) is 0 Å². The zero-order valence-electron chi connectivity index (χ0n) is 26.4. The summed E-state index contributed by atoms with van der Waals surface area (Å²) in [4.78, 5) is 0. The Morgan fingerprint density at radius 2 is 1.71 bits per heavy atom. The van der Waals surface area contributed by atoms with Gasteiger partial charge in [-0.15, -0.1) is 0 Å². The number of alkyl halides is 5. The number of hydrogen-bond acceptors (Lipinski definition) is 1. The van der Waals surface area contributed by atoms with Gasteiger partial charge < -0.3 is 5.32 Å². The minimum atomic E-state index is -3.12. The lowest BCUT2D eigenvalue weighted by molar-refractivity contribution is 0.0254. The Morgan fingerprint density at radius 1 is 1.02 bits per heavy atom. The zero-order chi connectivity index (χ0) is 34.2. The molecular formula is C37H44F7N. The van der Waals surface area contributed by atoms with Gasteiger partial charge in [0.25, 0.3) is 6.43 Å². The van der Waals surface area contributed by atoms with Gasteiger partial charge in [0.1, 0.15) is 6.67 Å². The number of benzene rings is 1. The van der Waals surface area contributed by atoms with Crippen LogP contribution in [-0.4, -0.2) is 19.0 Å². The van der Waals surface area contributed by atoms with E-state index in [9.17, 15) is 30.7 Å². The van der Waals surface area contributed by atoms with Crippen LogP contribution in [0.1, 0.15) is 58.4 Å². The Bertz CT molecular complexity index is 1340. The standard InChI is InChI=1S/C37H44F7N/c1-8-10-13-28(17-19-30-14-11-15-33(39)35(30)40)24-32(25(3)4)27(6)45-34(12-9-2)31(20-22-37(7,43)44)29(21-23-38)18-16-26(5)36(41)42/h9,11-12,14-16,18,20-21,24,28,36,45H,2-3,5-6,8,10,13,17,19,22-23H2,1,4,7H3/b18-16-,29-21-,31-20-,32-24+,34-12+. The molecule has 0 aliphatic rings. The third-order valence-electron chi connectivity index (χ3n) is 6.82. The summed E-state index contributed by atoms with van der Waals surface area (Å²) in [5, 5.41) is 3.11. The molecule has 0 aliphatic heterocycles. The highest BCUT2D eigenvalue weighted by atomic mass is 19.3. The molecule has 0 fully saturated rings. The van der Waals surface area contributed by atoms with Crippen molar-refractivity contribution in [2.75, 3.05) is 6.67 Å². The Balaban J connectivity index is 3.57. The van der Waals surface area contributed by atoms with Gasteiger partial charge in [-0.1, -0.05) is 88.6 Å². The van der Waals surface area contributed by atoms with E-state index in [1.807, 2.05) is 13.0 Å². The van der Waals surface area contributed by atoms with Gasteiger partial charge in [0, 0.05) is 29.0 Å². The van der Waals surface area contributed by atoms with Gasteiger partial charge in [-0.25, -0.2) is 30.7 Å². The maximum atomic E-state index is 14.3. The third-order valence-corrected chi connectivity index (χ3v) is 6.82. The van der Waals surface area contributed by atoms with Crippen LogP contribution >= 0.6 is 0 Å². The molecule has 0 spiro atoms. The van der Waals surface area contributed by atoms with Crippen molar-refractivity contribution in [2.24, 2.45) is 5.92 Å². The van der Waals surface area contributed by atoms with Crippen LogP contribution in [-0.2, 0) is 6.42 Å². The van der Waals surface area contributed by atoms with Crippen LogP contribution in [0.15, 0.2) is 126 Å². The quantitative estimate of drug-likeness (QED) is 0.111. The van der Waals surface area contributed by atoms with E-state index in [2.05, 4.69) is 31.6 Å². The predicted octanol–water partition coefficient (Wildman–Crippen LogP) is 11.6. The molecule has 1 aromatic rings. The Morgan fingerprint density at radius 3 is 2.27 bits per heavy atom. The molecule has 0 amide bonds. The van der Waals surface area contributed by atoms with E-state index < -0.39 is 42.7 Å². The first-order chi connectivity index (χ1) is 21.1. The molecule has 0 saturated carbocycles. The van der Waals surface area contributed by atoms with E-state index in [-0.39, 0.29) is 28.3 Å². The fourth-order valence-electron chi connectivity index (χ4n) is 4.43. The first-order valence-corrected chi connectivity index (χ1v) is 14.7. The number of halogens is 7. The van der Waals surface area contributed by atoms with Crippen LogP contribution < -0.4 is 5.32 Å². The maximum Gasteiger partial charge on any atom is 0.263 e. The van der Waals surface area contributed by atoms with Gasteiger partial charge in [0.05, 0.1) is 0 Å². The van der Waals surface area contributed by atoms with Crippen molar-refractivity contribution in [3.63, 3.8) is 0 Å². The van der Waals surface area contributed by atoms with Crippen molar-refractivity contribution in [1.29, 1.82) is 0 Å². The zero-order valence-corrected chi connectivity index (χ0v) is 26.4. The Hall–Kier alpha value is -3.81. The fourth-order valence-corrected chi connectivity index (χ4v) is 4.43. The van der Waals surface area contributed by atoms with Gasteiger partial charge in [-0.3, -0.25) is 0 Å². The Labute approximate surface area is 263 Å². The minimum absolute atomic E-state index is 0.0655. The lowest BCUT2D eigenvalue weighted by Crippen LogP contribution is -2.18. The van der Waals surface area contributed by atoms with Gasteiger partial charge in [0.15, 0.2) is 11.6 Å². The van der Waals surface area contributed by atoms with Crippen molar-refractivity contribution < 1.29 is 30.7 Å².